The lowest BCUT2D eigenvalue weighted by molar-refractivity contribution is -0.138. The Hall–Kier alpha value is -3.86. The molecule has 2 saturated heterocycles. The van der Waals surface area contributed by atoms with Gasteiger partial charge in [0.15, 0.2) is 0 Å². The van der Waals surface area contributed by atoms with Crippen LogP contribution in [-0.4, -0.2) is 76.1 Å². The van der Waals surface area contributed by atoms with E-state index in [9.17, 15) is 19.5 Å². The summed E-state index contributed by atoms with van der Waals surface area (Å²) < 4.78 is 0. The monoisotopic (exact) mass is 530 g/mol. The summed E-state index contributed by atoms with van der Waals surface area (Å²) in [7, 11) is 0. The molecule has 10 heteroatoms. The Kier molecular flexibility index (Phi) is 8.16. The van der Waals surface area contributed by atoms with Crippen LogP contribution in [0, 0.1) is 0 Å². The number of aryl methyl sites for hydroxylation is 1. The average molecular weight is 531 g/mol. The number of nitrogens with one attached hydrogen (secondary N) is 3. The van der Waals surface area contributed by atoms with Crippen molar-refractivity contribution in [3.05, 3.63) is 72.4 Å². The van der Waals surface area contributed by atoms with E-state index >= 15 is 0 Å². The third-order valence-electron chi connectivity index (χ3n) is 7.41. The minimum absolute atomic E-state index is 0.132. The number of pyridine rings is 1. The Bertz CT molecular complexity index is 1340. The van der Waals surface area contributed by atoms with Crippen molar-refractivity contribution < 1.29 is 19.5 Å². The molecule has 2 aliphatic heterocycles. The predicted octanol–water partition coefficient (Wildman–Crippen LogP) is 0.942. The predicted molar refractivity (Wildman–Crippen MR) is 148 cm³/mol. The molecule has 5 atom stereocenters. The topological polar surface area (TPSA) is 150 Å². The van der Waals surface area contributed by atoms with Crippen molar-refractivity contribution in [2.24, 2.45) is 5.73 Å². The van der Waals surface area contributed by atoms with Gasteiger partial charge in [-0.2, -0.15) is 0 Å². The fraction of sp³-hybridized carbons (Fsp3) is 0.379. The molecule has 0 spiro atoms. The Balaban J connectivity index is 1.26. The number of carbonyl (C=O) groups excluding carboxylic acids is 3. The highest BCUT2D eigenvalue weighted by Crippen LogP contribution is 2.24. The molecule has 39 heavy (non-hydrogen) atoms. The summed E-state index contributed by atoms with van der Waals surface area (Å²) in [4.78, 5) is 45.5. The lowest BCUT2D eigenvalue weighted by atomic mass is 10.1. The van der Waals surface area contributed by atoms with Gasteiger partial charge in [-0.05, 0) is 43.4 Å². The number of fused-ring (bicyclic) bond motifs is 1. The zero-order valence-electron chi connectivity index (χ0n) is 21.6. The maximum atomic E-state index is 13.4. The number of aromatic nitrogens is 1. The summed E-state index contributed by atoms with van der Waals surface area (Å²) in [5.74, 6) is -1.09. The van der Waals surface area contributed by atoms with E-state index in [-0.39, 0.29) is 37.2 Å². The van der Waals surface area contributed by atoms with E-state index in [4.69, 9.17) is 5.73 Å². The van der Waals surface area contributed by atoms with Crippen LogP contribution in [0.4, 0.5) is 5.69 Å². The number of benzene rings is 2. The fourth-order valence-electron chi connectivity index (χ4n) is 5.33. The normalized spacial score (nSPS) is 23.5. The molecule has 0 bridgehead atoms. The van der Waals surface area contributed by atoms with Crippen LogP contribution >= 0.6 is 0 Å². The second-order valence-electron chi connectivity index (χ2n) is 10.4. The first-order chi connectivity index (χ1) is 18.9. The van der Waals surface area contributed by atoms with Crippen LogP contribution in [0.1, 0.15) is 24.8 Å². The van der Waals surface area contributed by atoms with E-state index in [1.165, 1.54) is 4.90 Å². The average Bonchev–Trinajstić information content (AvgIpc) is 3.58. The zero-order valence-corrected chi connectivity index (χ0v) is 21.6. The first-order valence-corrected chi connectivity index (χ1v) is 13.3. The lowest BCUT2D eigenvalue weighted by Crippen LogP contribution is -2.50. The molecule has 1 aromatic heterocycles. The maximum Gasteiger partial charge on any atom is 0.249 e. The van der Waals surface area contributed by atoms with Crippen molar-refractivity contribution in [1.82, 2.24) is 20.5 Å². The number of carbonyl (C=O) groups is 3. The summed E-state index contributed by atoms with van der Waals surface area (Å²) in [5, 5.41) is 20.2. The van der Waals surface area contributed by atoms with Gasteiger partial charge in [-0.25, -0.2) is 0 Å². The molecule has 6 N–H and O–H groups in total. The minimum Gasteiger partial charge on any atom is -0.383 e. The summed E-state index contributed by atoms with van der Waals surface area (Å²) in [6.45, 7) is 0.690. The first kappa shape index (κ1) is 26.7. The SMILES string of the molecule is N[C@H]1CN[C@H](C(=O)N2C[C@H](NC(=O)[C@H](O)CCc3ccccc3)C[C@H]2C(=O)Nc2cnc3ccccc3c2)C1. The van der Waals surface area contributed by atoms with E-state index in [1.54, 1.807) is 6.20 Å². The molecule has 0 radical (unpaired) electrons. The molecule has 2 fully saturated rings. The minimum atomic E-state index is -1.19. The number of nitrogens with two attached hydrogens (primary N) is 1. The molecule has 0 unspecified atom stereocenters. The third-order valence-corrected chi connectivity index (χ3v) is 7.41. The molecule has 3 amide bonds. The van der Waals surface area contributed by atoms with Gasteiger partial charge in [0.05, 0.1) is 23.4 Å². The van der Waals surface area contributed by atoms with Crippen molar-refractivity contribution in [2.75, 3.05) is 18.4 Å². The number of nitrogens with zero attached hydrogens (tertiary/aromatic N) is 2. The summed E-state index contributed by atoms with van der Waals surface area (Å²) >= 11 is 0. The van der Waals surface area contributed by atoms with Crippen LogP contribution < -0.4 is 21.7 Å². The van der Waals surface area contributed by atoms with Crippen LogP contribution in [0.5, 0.6) is 0 Å². The van der Waals surface area contributed by atoms with E-state index in [0.717, 1.165) is 16.5 Å². The Morgan fingerprint density at radius 1 is 1.10 bits per heavy atom. The number of hydrogen-bond acceptors (Lipinski definition) is 7. The molecule has 3 heterocycles. The molecule has 204 valence electrons. The van der Waals surface area contributed by atoms with Crippen LogP contribution in [0.25, 0.3) is 10.9 Å². The number of amides is 3. The van der Waals surface area contributed by atoms with Crippen LogP contribution in [0.3, 0.4) is 0 Å². The van der Waals surface area contributed by atoms with Gasteiger partial charge in [-0.3, -0.25) is 19.4 Å². The van der Waals surface area contributed by atoms with Crippen molar-refractivity contribution in [1.29, 1.82) is 0 Å². The van der Waals surface area contributed by atoms with E-state index < -0.39 is 30.1 Å². The van der Waals surface area contributed by atoms with Gasteiger partial charge in [-0.1, -0.05) is 48.5 Å². The summed E-state index contributed by atoms with van der Waals surface area (Å²) in [6.07, 6.45) is 1.93. The lowest BCUT2D eigenvalue weighted by Gasteiger charge is -2.26. The van der Waals surface area contributed by atoms with Gasteiger partial charge >= 0.3 is 0 Å². The molecular weight excluding hydrogens is 496 g/mol. The van der Waals surface area contributed by atoms with Crippen LogP contribution in [0.15, 0.2) is 66.9 Å². The largest absolute Gasteiger partial charge is 0.383 e. The summed E-state index contributed by atoms with van der Waals surface area (Å²) in [6, 6.07) is 17.2. The van der Waals surface area contributed by atoms with Gasteiger partial charge in [-0.15, -0.1) is 0 Å². The van der Waals surface area contributed by atoms with E-state index in [1.807, 2.05) is 60.7 Å². The van der Waals surface area contributed by atoms with Crippen molar-refractivity contribution >= 4 is 34.3 Å². The van der Waals surface area contributed by atoms with Gasteiger partial charge in [0.25, 0.3) is 0 Å². The number of aliphatic hydroxyl groups excluding tert-OH is 1. The Morgan fingerprint density at radius 2 is 1.87 bits per heavy atom. The molecule has 0 saturated carbocycles. The number of rotatable bonds is 8. The third kappa shape index (κ3) is 6.42. The molecular formula is C29H34N6O4. The van der Waals surface area contributed by atoms with Crippen molar-refractivity contribution in [2.45, 2.75) is 56.0 Å². The quantitative estimate of drug-likeness (QED) is 0.291. The van der Waals surface area contributed by atoms with Gasteiger partial charge in [0.1, 0.15) is 12.1 Å². The van der Waals surface area contributed by atoms with Crippen molar-refractivity contribution in [3.8, 4) is 0 Å². The molecule has 2 aromatic carbocycles. The number of aliphatic hydroxyl groups is 1. The highest BCUT2D eigenvalue weighted by Gasteiger charge is 2.43. The standard InChI is InChI=1S/C29H34N6O4/c30-20-13-24(31-15-20)29(39)35-17-22(34-28(38)26(36)11-10-18-6-2-1-3-7-18)14-25(35)27(37)33-21-12-19-8-4-5-9-23(19)32-16-21/h1-9,12,16,20,22,24-26,31,36H,10-11,13-15,17,30H2,(H,33,37)(H,34,38)/t20-,22-,24+,25+,26-/m1/s1. The zero-order chi connectivity index (χ0) is 27.4. The Labute approximate surface area is 227 Å². The number of hydrogen-bond donors (Lipinski definition) is 5. The highest BCUT2D eigenvalue weighted by molar-refractivity contribution is 5.99. The smallest absolute Gasteiger partial charge is 0.249 e. The van der Waals surface area contributed by atoms with E-state index in [2.05, 4.69) is 20.9 Å². The van der Waals surface area contributed by atoms with Crippen molar-refractivity contribution in [3.63, 3.8) is 0 Å². The van der Waals surface area contributed by atoms with Crippen LogP contribution in [0.2, 0.25) is 0 Å². The van der Waals surface area contributed by atoms with Gasteiger partial charge < -0.3 is 31.7 Å². The molecule has 3 aromatic rings. The fourth-order valence-corrected chi connectivity index (χ4v) is 5.33. The molecule has 0 aliphatic carbocycles. The Morgan fingerprint density at radius 3 is 2.64 bits per heavy atom. The van der Waals surface area contributed by atoms with E-state index in [0.29, 0.717) is 25.1 Å². The number of anilines is 1. The maximum absolute atomic E-state index is 13.4. The molecule has 10 nitrogen and oxygen atoms in total. The van der Waals surface area contributed by atoms with Gasteiger partial charge in [0.2, 0.25) is 17.7 Å². The first-order valence-electron chi connectivity index (χ1n) is 13.3. The highest BCUT2D eigenvalue weighted by atomic mass is 16.3. The number of likely N-dealkylation sites (tertiary alicyclic amines) is 1. The van der Waals surface area contributed by atoms with Crippen LogP contribution in [-0.2, 0) is 20.8 Å². The van der Waals surface area contributed by atoms with Gasteiger partial charge in [0, 0.05) is 30.6 Å². The molecule has 2 aliphatic rings. The second kappa shape index (κ2) is 11.9. The number of para-hydroxylation sites is 1. The molecule has 5 rings (SSSR count). The summed E-state index contributed by atoms with van der Waals surface area (Å²) in [5.41, 5.74) is 8.36. The second-order valence-corrected chi connectivity index (χ2v) is 10.4.